The number of aliphatic hydroxyl groups is 1. The third kappa shape index (κ3) is 3.31. The van der Waals surface area contributed by atoms with E-state index in [1.54, 1.807) is 12.4 Å². The molecule has 1 unspecified atom stereocenters. The minimum Gasteiger partial charge on any atom is -0.395 e. The summed E-state index contributed by atoms with van der Waals surface area (Å²) < 4.78 is 0. The molecule has 0 saturated carbocycles. The molecule has 0 amide bonds. The van der Waals surface area contributed by atoms with Crippen LogP contribution >= 0.6 is 11.6 Å². The number of hydrogen-bond acceptors (Lipinski definition) is 4. The Morgan fingerprint density at radius 3 is 3.12 bits per heavy atom. The molecule has 1 aromatic rings. The van der Waals surface area contributed by atoms with Crippen molar-refractivity contribution in [2.45, 2.75) is 18.9 Å². The molecule has 0 aliphatic carbocycles. The lowest BCUT2D eigenvalue weighted by Crippen LogP contribution is -2.39. The highest BCUT2D eigenvalue weighted by Gasteiger charge is 2.19. The summed E-state index contributed by atoms with van der Waals surface area (Å²) in [7, 11) is 0. The maximum atomic E-state index is 9.14. The Labute approximate surface area is 107 Å². The highest BCUT2D eigenvalue weighted by Crippen LogP contribution is 2.24. The summed E-state index contributed by atoms with van der Waals surface area (Å²) >= 11 is 6.13. The highest BCUT2D eigenvalue weighted by molar-refractivity contribution is 6.33. The molecule has 1 aliphatic heterocycles. The van der Waals surface area contributed by atoms with E-state index in [4.69, 9.17) is 16.7 Å². The van der Waals surface area contributed by atoms with Crippen molar-refractivity contribution < 1.29 is 5.11 Å². The Morgan fingerprint density at radius 2 is 2.47 bits per heavy atom. The molecule has 1 atom stereocenters. The van der Waals surface area contributed by atoms with Crippen LogP contribution in [-0.4, -0.2) is 42.4 Å². The first kappa shape index (κ1) is 12.6. The number of rotatable bonds is 5. The number of nitrogens with one attached hydrogen (secondary N) is 1. The van der Waals surface area contributed by atoms with Gasteiger partial charge in [-0.25, -0.2) is 0 Å². The zero-order valence-corrected chi connectivity index (χ0v) is 10.5. The standard InChI is InChI=1S/C12H18ClN3O/c13-11-8-14-5-3-12(11)16(6-7-17)9-10-2-1-4-15-10/h3,5,8,10,15,17H,1-2,4,6-7,9H2. The predicted octanol–water partition coefficient (Wildman–Crippen LogP) is 1.29. The van der Waals surface area contributed by atoms with Crippen molar-refractivity contribution in [2.24, 2.45) is 0 Å². The first-order valence-electron chi connectivity index (χ1n) is 6.00. The van der Waals surface area contributed by atoms with Crippen LogP contribution < -0.4 is 10.2 Å². The van der Waals surface area contributed by atoms with Crippen molar-refractivity contribution in [1.29, 1.82) is 0 Å². The lowest BCUT2D eigenvalue weighted by atomic mass is 10.2. The monoisotopic (exact) mass is 255 g/mol. The number of aromatic nitrogens is 1. The second-order valence-corrected chi connectivity index (χ2v) is 4.70. The molecule has 17 heavy (non-hydrogen) atoms. The van der Waals surface area contributed by atoms with Gasteiger partial charge in [0.05, 0.1) is 17.3 Å². The van der Waals surface area contributed by atoms with E-state index in [9.17, 15) is 0 Å². The molecule has 4 nitrogen and oxygen atoms in total. The Hall–Kier alpha value is -0.840. The molecular weight excluding hydrogens is 238 g/mol. The fraction of sp³-hybridized carbons (Fsp3) is 0.583. The van der Waals surface area contributed by atoms with Gasteiger partial charge in [-0.1, -0.05) is 11.6 Å². The molecular formula is C12H18ClN3O. The maximum absolute atomic E-state index is 9.14. The largest absolute Gasteiger partial charge is 0.395 e. The lowest BCUT2D eigenvalue weighted by Gasteiger charge is -2.27. The Morgan fingerprint density at radius 1 is 1.59 bits per heavy atom. The highest BCUT2D eigenvalue weighted by atomic mass is 35.5. The van der Waals surface area contributed by atoms with E-state index in [-0.39, 0.29) is 6.61 Å². The van der Waals surface area contributed by atoms with E-state index < -0.39 is 0 Å². The van der Waals surface area contributed by atoms with Crippen LogP contribution in [0.2, 0.25) is 5.02 Å². The Bertz CT molecular complexity index is 355. The number of pyridine rings is 1. The molecule has 2 N–H and O–H groups in total. The molecule has 1 saturated heterocycles. The van der Waals surface area contributed by atoms with Gasteiger partial charge in [0.15, 0.2) is 0 Å². The van der Waals surface area contributed by atoms with Gasteiger partial charge in [-0.3, -0.25) is 4.98 Å². The van der Waals surface area contributed by atoms with Gasteiger partial charge in [0, 0.05) is 31.5 Å². The van der Waals surface area contributed by atoms with Crippen LogP contribution in [0.3, 0.4) is 0 Å². The van der Waals surface area contributed by atoms with E-state index in [1.165, 1.54) is 12.8 Å². The van der Waals surface area contributed by atoms with Crippen LogP contribution in [-0.2, 0) is 0 Å². The molecule has 1 aliphatic rings. The van der Waals surface area contributed by atoms with Gasteiger partial charge < -0.3 is 15.3 Å². The molecule has 94 valence electrons. The van der Waals surface area contributed by atoms with Gasteiger partial charge in [-0.15, -0.1) is 0 Å². The molecule has 5 heteroatoms. The van der Waals surface area contributed by atoms with Gasteiger partial charge in [-0.05, 0) is 25.5 Å². The number of halogens is 1. The second-order valence-electron chi connectivity index (χ2n) is 4.29. The van der Waals surface area contributed by atoms with Crippen molar-refractivity contribution in [1.82, 2.24) is 10.3 Å². The molecule has 0 radical (unpaired) electrons. The average molecular weight is 256 g/mol. The van der Waals surface area contributed by atoms with Crippen LogP contribution in [0.25, 0.3) is 0 Å². The molecule has 2 heterocycles. The summed E-state index contributed by atoms with van der Waals surface area (Å²) in [6.07, 6.45) is 5.78. The van der Waals surface area contributed by atoms with Gasteiger partial charge in [0.25, 0.3) is 0 Å². The van der Waals surface area contributed by atoms with Gasteiger partial charge >= 0.3 is 0 Å². The van der Waals surface area contributed by atoms with Gasteiger partial charge in [0.1, 0.15) is 0 Å². The quantitative estimate of drug-likeness (QED) is 0.832. The van der Waals surface area contributed by atoms with Crippen LogP contribution in [0.15, 0.2) is 18.5 Å². The summed E-state index contributed by atoms with van der Waals surface area (Å²) in [5.41, 5.74) is 0.949. The first-order chi connectivity index (χ1) is 8.31. The topological polar surface area (TPSA) is 48.4 Å². The zero-order valence-electron chi connectivity index (χ0n) is 9.77. The van der Waals surface area contributed by atoms with Crippen LogP contribution in [0.4, 0.5) is 5.69 Å². The lowest BCUT2D eigenvalue weighted by molar-refractivity contribution is 0.300. The van der Waals surface area contributed by atoms with Gasteiger partial charge in [0.2, 0.25) is 0 Å². The number of nitrogens with zero attached hydrogens (tertiary/aromatic N) is 2. The number of hydrogen-bond donors (Lipinski definition) is 2. The van der Waals surface area contributed by atoms with E-state index >= 15 is 0 Å². The molecule has 0 spiro atoms. The molecule has 0 bridgehead atoms. The predicted molar refractivity (Wildman–Crippen MR) is 69.6 cm³/mol. The van der Waals surface area contributed by atoms with Crippen molar-refractivity contribution in [2.75, 3.05) is 31.1 Å². The molecule has 2 rings (SSSR count). The average Bonchev–Trinajstić information content (AvgIpc) is 2.82. The first-order valence-corrected chi connectivity index (χ1v) is 6.38. The molecule has 1 aromatic heterocycles. The Kier molecular flexibility index (Phi) is 4.59. The summed E-state index contributed by atoms with van der Waals surface area (Å²) in [6.45, 7) is 2.69. The van der Waals surface area contributed by atoms with Crippen LogP contribution in [0.5, 0.6) is 0 Å². The summed E-state index contributed by atoms with van der Waals surface area (Å²) in [6, 6.07) is 2.39. The molecule has 1 fully saturated rings. The minimum atomic E-state index is 0.130. The van der Waals surface area contributed by atoms with Crippen molar-refractivity contribution >= 4 is 17.3 Å². The normalized spacial score (nSPS) is 19.5. The zero-order chi connectivity index (χ0) is 12.1. The maximum Gasteiger partial charge on any atom is 0.0822 e. The summed E-state index contributed by atoms with van der Waals surface area (Å²) in [5, 5.41) is 13.2. The minimum absolute atomic E-state index is 0.130. The van der Waals surface area contributed by atoms with Crippen molar-refractivity contribution in [3.63, 3.8) is 0 Å². The van der Waals surface area contributed by atoms with Crippen LogP contribution in [0, 0.1) is 0 Å². The second kappa shape index (κ2) is 6.19. The third-order valence-electron chi connectivity index (χ3n) is 3.06. The van der Waals surface area contributed by atoms with Gasteiger partial charge in [-0.2, -0.15) is 0 Å². The van der Waals surface area contributed by atoms with Crippen molar-refractivity contribution in [3.05, 3.63) is 23.5 Å². The van der Waals surface area contributed by atoms with Crippen LogP contribution in [0.1, 0.15) is 12.8 Å². The SMILES string of the molecule is OCCN(CC1CCCN1)c1ccncc1Cl. The summed E-state index contributed by atoms with van der Waals surface area (Å²) in [4.78, 5) is 6.10. The third-order valence-corrected chi connectivity index (χ3v) is 3.36. The molecule has 0 aromatic carbocycles. The fourth-order valence-electron chi connectivity index (χ4n) is 2.23. The smallest absolute Gasteiger partial charge is 0.0822 e. The van der Waals surface area contributed by atoms with E-state index in [2.05, 4.69) is 15.2 Å². The van der Waals surface area contributed by atoms with E-state index in [0.29, 0.717) is 17.6 Å². The summed E-state index contributed by atoms with van der Waals surface area (Å²) in [5.74, 6) is 0. The van der Waals surface area contributed by atoms with E-state index in [0.717, 1.165) is 18.8 Å². The Balaban J connectivity index is 2.08. The van der Waals surface area contributed by atoms with Crippen molar-refractivity contribution in [3.8, 4) is 0 Å². The number of aliphatic hydroxyl groups excluding tert-OH is 1. The fourth-order valence-corrected chi connectivity index (χ4v) is 2.47. The van der Waals surface area contributed by atoms with E-state index in [1.807, 2.05) is 6.07 Å². The number of anilines is 1.